The molecule has 2 fully saturated rings. The fourth-order valence-corrected chi connectivity index (χ4v) is 4.81. The smallest absolute Gasteiger partial charge is 0.218 e. The molecule has 0 aromatic heterocycles. The summed E-state index contributed by atoms with van der Waals surface area (Å²) in [6.07, 6.45) is 1.81. The van der Waals surface area contributed by atoms with Gasteiger partial charge in [0.05, 0.1) is 0 Å². The Kier molecular flexibility index (Phi) is 5.55. The summed E-state index contributed by atoms with van der Waals surface area (Å²) in [6.45, 7) is 6.35. The van der Waals surface area contributed by atoms with E-state index in [0.717, 1.165) is 39.3 Å². The maximum absolute atomic E-state index is 11.1. The number of primary amides is 1. The van der Waals surface area contributed by atoms with Crippen LogP contribution in [0.1, 0.15) is 18.4 Å². The van der Waals surface area contributed by atoms with Gasteiger partial charge in [-0.15, -0.1) is 0 Å². The Bertz CT molecular complexity index is 762. The number of rotatable bonds is 6. The molecule has 2 heterocycles. The van der Waals surface area contributed by atoms with E-state index >= 15 is 0 Å². The third kappa shape index (κ3) is 4.76. The highest BCUT2D eigenvalue weighted by molar-refractivity contribution is 5.73. The van der Waals surface area contributed by atoms with Crippen molar-refractivity contribution in [2.75, 3.05) is 32.7 Å². The number of benzene rings is 2. The van der Waals surface area contributed by atoms with Crippen LogP contribution in [0.25, 0.3) is 11.1 Å². The minimum atomic E-state index is -0.189. The second-order valence-corrected chi connectivity index (χ2v) is 8.20. The Morgan fingerprint density at radius 3 is 2.26 bits per heavy atom. The van der Waals surface area contributed by atoms with E-state index in [1.807, 2.05) is 0 Å². The number of likely N-dealkylation sites (tertiary alicyclic amines) is 2. The number of amides is 1. The molecule has 0 spiro atoms. The largest absolute Gasteiger partial charge is 0.370 e. The van der Waals surface area contributed by atoms with Crippen LogP contribution in [0.4, 0.5) is 0 Å². The van der Waals surface area contributed by atoms with Gasteiger partial charge in [-0.2, -0.15) is 0 Å². The van der Waals surface area contributed by atoms with Gasteiger partial charge < -0.3 is 10.6 Å². The van der Waals surface area contributed by atoms with Gasteiger partial charge in [0.25, 0.3) is 0 Å². The van der Waals surface area contributed by atoms with Crippen molar-refractivity contribution in [3.63, 3.8) is 0 Å². The molecule has 142 valence electrons. The Labute approximate surface area is 162 Å². The monoisotopic (exact) mass is 363 g/mol. The first-order valence-corrected chi connectivity index (χ1v) is 10.0. The van der Waals surface area contributed by atoms with Crippen molar-refractivity contribution < 1.29 is 4.79 Å². The zero-order valence-electron chi connectivity index (χ0n) is 15.9. The van der Waals surface area contributed by atoms with Crippen molar-refractivity contribution in [2.24, 2.45) is 17.6 Å². The molecule has 4 rings (SSSR count). The van der Waals surface area contributed by atoms with Crippen LogP contribution in [-0.4, -0.2) is 48.4 Å². The van der Waals surface area contributed by atoms with Crippen LogP contribution < -0.4 is 5.73 Å². The quantitative estimate of drug-likeness (QED) is 0.858. The molecule has 2 saturated heterocycles. The molecule has 2 aliphatic heterocycles. The molecule has 2 aromatic carbocycles. The number of nitrogens with two attached hydrogens (primary N) is 1. The molecule has 0 radical (unpaired) electrons. The Morgan fingerprint density at radius 2 is 1.56 bits per heavy atom. The third-order valence-electron chi connectivity index (χ3n) is 5.85. The van der Waals surface area contributed by atoms with Gasteiger partial charge in [0.1, 0.15) is 0 Å². The van der Waals surface area contributed by atoms with Gasteiger partial charge in [-0.05, 0) is 41.0 Å². The topological polar surface area (TPSA) is 49.6 Å². The second-order valence-electron chi connectivity index (χ2n) is 8.20. The highest BCUT2D eigenvalue weighted by Crippen LogP contribution is 2.30. The molecule has 2 N–H and O–H groups in total. The van der Waals surface area contributed by atoms with Gasteiger partial charge >= 0.3 is 0 Å². The molecular formula is C23H29N3O. The van der Waals surface area contributed by atoms with Crippen molar-refractivity contribution >= 4 is 5.91 Å². The van der Waals surface area contributed by atoms with E-state index in [4.69, 9.17) is 5.73 Å². The first-order chi connectivity index (χ1) is 13.2. The van der Waals surface area contributed by atoms with Crippen LogP contribution in [0.3, 0.4) is 0 Å². The molecule has 2 unspecified atom stereocenters. The van der Waals surface area contributed by atoms with Gasteiger partial charge in [-0.1, -0.05) is 48.5 Å². The summed E-state index contributed by atoms with van der Waals surface area (Å²) in [4.78, 5) is 16.1. The second kappa shape index (κ2) is 8.24. The zero-order chi connectivity index (χ0) is 18.6. The van der Waals surface area contributed by atoms with Gasteiger partial charge in [0, 0.05) is 45.7 Å². The predicted octanol–water partition coefficient (Wildman–Crippen LogP) is 2.98. The number of carbonyl (C=O) groups is 1. The molecule has 2 bridgehead atoms. The summed E-state index contributed by atoms with van der Waals surface area (Å²) in [7, 11) is 0. The zero-order valence-corrected chi connectivity index (χ0v) is 15.9. The van der Waals surface area contributed by atoms with Crippen molar-refractivity contribution in [1.82, 2.24) is 9.80 Å². The van der Waals surface area contributed by atoms with Crippen LogP contribution >= 0.6 is 0 Å². The highest BCUT2D eigenvalue weighted by atomic mass is 16.1. The van der Waals surface area contributed by atoms with Gasteiger partial charge in [0.2, 0.25) is 5.91 Å². The summed E-state index contributed by atoms with van der Waals surface area (Å²) in [5.41, 5.74) is 9.28. The van der Waals surface area contributed by atoms with Crippen molar-refractivity contribution in [2.45, 2.75) is 19.4 Å². The average molecular weight is 364 g/mol. The van der Waals surface area contributed by atoms with Crippen molar-refractivity contribution in [3.05, 3.63) is 60.2 Å². The number of piperidine rings is 2. The predicted molar refractivity (Wildman–Crippen MR) is 109 cm³/mol. The lowest BCUT2D eigenvalue weighted by Crippen LogP contribution is -2.52. The molecule has 0 saturated carbocycles. The minimum Gasteiger partial charge on any atom is -0.370 e. The fourth-order valence-electron chi connectivity index (χ4n) is 4.81. The first kappa shape index (κ1) is 18.2. The lowest BCUT2D eigenvalue weighted by Gasteiger charge is -2.46. The van der Waals surface area contributed by atoms with Crippen LogP contribution in [0.15, 0.2) is 54.6 Å². The number of fused-ring (bicyclic) bond motifs is 2. The highest BCUT2D eigenvalue weighted by Gasteiger charge is 2.33. The van der Waals surface area contributed by atoms with E-state index < -0.39 is 0 Å². The van der Waals surface area contributed by atoms with E-state index in [2.05, 4.69) is 64.4 Å². The van der Waals surface area contributed by atoms with Gasteiger partial charge in [-0.3, -0.25) is 9.69 Å². The van der Waals surface area contributed by atoms with Crippen molar-refractivity contribution in [1.29, 1.82) is 0 Å². The minimum absolute atomic E-state index is 0.189. The number of hydrogen-bond acceptors (Lipinski definition) is 3. The van der Waals surface area contributed by atoms with E-state index in [0.29, 0.717) is 18.3 Å². The Hall–Kier alpha value is -2.17. The molecule has 1 amide bonds. The SMILES string of the molecule is NC(=O)CCN1CC2CC(C1)CN(Cc1cccc(-c3ccccc3)c1)C2. The number of nitrogens with zero attached hydrogens (tertiary/aromatic N) is 2. The van der Waals surface area contributed by atoms with Crippen LogP contribution in [-0.2, 0) is 11.3 Å². The summed E-state index contributed by atoms with van der Waals surface area (Å²) in [5, 5.41) is 0. The van der Waals surface area contributed by atoms with E-state index in [-0.39, 0.29) is 5.91 Å². The van der Waals surface area contributed by atoms with E-state index in [1.165, 1.54) is 23.1 Å². The fraction of sp³-hybridized carbons (Fsp3) is 0.435. The standard InChI is InChI=1S/C23H29N3O/c24-23(27)9-10-25-14-19-11-20(15-25)17-26(16-19)13-18-5-4-8-22(12-18)21-6-2-1-3-7-21/h1-8,12,19-20H,9-11,13-17H2,(H2,24,27). The van der Waals surface area contributed by atoms with Gasteiger partial charge in [-0.25, -0.2) is 0 Å². The Morgan fingerprint density at radius 1 is 0.889 bits per heavy atom. The Balaban J connectivity index is 1.37. The molecular weight excluding hydrogens is 334 g/mol. The first-order valence-electron chi connectivity index (χ1n) is 10.0. The third-order valence-corrected chi connectivity index (χ3v) is 5.85. The van der Waals surface area contributed by atoms with Crippen molar-refractivity contribution in [3.8, 4) is 11.1 Å². The molecule has 4 nitrogen and oxygen atoms in total. The van der Waals surface area contributed by atoms with E-state index in [9.17, 15) is 4.79 Å². The molecule has 2 atom stereocenters. The maximum atomic E-state index is 11.1. The molecule has 0 aliphatic carbocycles. The molecule has 4 heteroatoms. The number of carbonyl (C=O) groups excluding carboxylic acids is 1. The van der Waals surface area contributed by atoms with Crippen LogP contribution in [0.2, 0.25) is 0 Å². The van der Waals surface area contributed by atoms with Gasteiger partial charge in [0.15, 0.2) is 0 Å². The van der Waals surface area contributed by atoms with Crippen LogP contribution in [0.5, 0.6) is 0 Å². The number of hydrogen-bond donors (Lipinski definition) is 1. The normalized spacial score (nSPS) is 23.3. The summed E-state index contributed by atoms with van der Waals surface area (Å²) in [5.74, 6) is 1.23. The van der Waals surface area contributed by atoms with Crippen LogP contribution in [0, 0.1) is 11.8 Å². The van der Waals surface area contributed by atoms with E-state index in [1.54, 1.807) is 0 Å². The lowest BCUT2D eigenvalue weighted by molar-refractivity contribution is -0.118. The average Bonchev–Trinajstić information content (AvgIpc) is 2.67. The maximum Gasteiger partial charge on any atom is 0.218 e. The summed E-state index contributed by atoms with van der Waals surface area (Å²) in [6, 6.07) is 19.5. The molecule has 2 aliphatic rings. The molecule has 27 heavy (non-hydrogen) atoms. The summed E-state index contributed by atoms with van der Waals surface area (Å²) < 4.78 is 0. The molecule has 2 aromatic rings. The lowest BCUT2D eigenvalue weighted by atomic mass is 9.84. The summed E-state index contributed by atoms with van der Waals surface area (Å²) >= 11 is 0.